The van der Waals surface area contributed by atoms with Crippen molar-refractivity contribution >= 4 is 0 Å². The second-order valence-electron chi connectivity index (χ2n) is 12.1. The van der Waals surface area contributed by atoms with Gasteiger partial charge >= 0.3 is 0 Å². The fourth-order valence-corrected chi connectivity index (χ4v) is 5.68. The van der Waals surface area contributed by atoms with Crippen LogP contribution in [-0.4, -0.2) is 4.57 Å². The van der Waals surface area contributed by atoms with E-state index in [2.05, 4.69) is 41.7 Å². The summed E-state index contributed by atoms with van der Waals surface area (Å²) in [6.45, 7) is 7.00. The molecule has 0 aliphatic carbocycles. The van der Waals surface area contributed by atoms with E-state index in [1.165, 1.54) is 193 Å². The van der Waals surface area contributed by atoms with Gasteiger partial charge in [0.05, 0.1) is 13.1 Å². The highest BCUT2D eigenvalue weighted by Gasteiger charge is 2.03. The maximum atomic E-state index is 2.41. The molecular weight excluding hydrogens is 448 g/mol. The summed E-state index contributed by atoms with van der Waals surface area (Å²) < 4.78 is 4.81. The molecule has 0 saturated carbocycles. The number of hydrogen-bond acceptors (Lipinski definition) is 0. The van der Waals surface area contributed by atoms with Crippen LogP contribution in [0.5, 0.6) is 0 Å². The zero-order chi connectivity index (χ0) is 26.5. The van der Waals surface area contributed by atoms with E-state index in [0.29, 0.717) is 0 Å². The lowest BCUT2D eigenvalue weighted by molar-refractivity contribution is -0.696. The van der Waals surface area contributed by atoms with E-state index >= 15 is 0 Å². The summed E-state index contributed by atoms with van der Waals surface area (Å²) in [5, 5.41) is 0. The van der Waals surface area contributed by atoms with Gasteiger partial charge in [-0.05, 0) is 25.7 Å². The Bertz CT molecular complexity index is 503. The van der Waals surface area contributed by atoms with Gasteiger partial charge in [0.1, 0.15) is 12.4 Å². The van der Waals surface area contributed by atoms with Crippen LogP contribution in [0.3, 0.4) is 0 Å². The molecule has 1 heterocycles. The predicted molar refractivity (Wildman–Crippen MR) is 165 cm³/mol. The standard InChI is InChI=1S/C35H69N2/c1-3-5-7-9-11-13-15-17-19-21-23-25-27-29-31-36-33-34-37(35-36)32-30-28-26-24-22-20-18-16-14-12-10-8-6-4-2/h33-35H,3-32H2,1-2H3/q+1. The average molecular weight is 518 g/mol. The minimum absolute atomic E-state index is 1.20. The van der Waals surface area contributed by atoms with Crippen LogP contribution in [0.1, 0.15) is 194 Å². The Labute approximate surface area is 234 Å². The Kier molecular flexibility index (Phi) is 26.1. The summed E-state index contributed by atoms with van der Waals surface area (Å²) in [7, 11) is 0. The van der Waals surface area contributed by atoms with Crippen molar-refractivity contribution in [2.75, 3.05) is 0 Å². The van der Waals surface area contributed by atoms with Crippen LogP contribution in [0.25, 0.3) is 0 Å². The first-order valence-electron chi connectivity index (χ1n) is 17.4. The molecule has 1 aromatic heterocycles. The second-order valence-corrected chi connectivity index (χ2v) is 12.1. The smallest absolute Gasteiger partial charge is 0.237 e. The van der Waals surface area contributed by atoms with E-state index in [1.54, 1.807) is 0 Å². The molecule has 0 N–H and O–H groups in total. The Hall–Kier alpha value is -0.790. The highest BCUT2D eigenvalue weighted by atomic mass is 15.1. The van der Waals surface area contributed by atoms with Gasteiger partial charge in [0, 0.05) is 0 Å². The quantitative estimate of drug-likeness (QED) is 0.0708. The highest BCUT2D eigenvalue weighted by molar-refractivity contribution is 4.66. The molecule has 2 heteroatoms. The number of aryl methyl sites for hydroxylation is 2. The molecule has 0 atom stereocenters. The maximum absolute atomic E-state index is 2.41. The van der Waals surface area contributed by atoms with Crippen LogP contribution in [0.4, 0.5) is 0 Å². The summed E-state index contributed by atoms with van der Waals surface area (Å²) in [4.78, 5) is 0. The molecule has 0 saturated heterocycles. The summed E-state index contributed by atoms with van der Waals surface area (Å²) in [5.74, 6) is 0. The summed E-state index contributed by atoms with van der Waals surface area (Å²) in [6.07, 6.45) is 47.2. The lowest BCUT2D eigenvalue weighted by atomic mass is 10.0. The summed E-state index contributed by atoms with van der Waals surface area (Å²) in [5.41, 5.74) is 0. The van der Waals surface area contributed by atoms with Crippen LogP contribution in [0.2, 0.25) is 0 Å². The van der Waals surface area contributed by atoms with Crippen LogP contribution in [0.15, 0.2) is 18.7 Å². The molecule has 0 spiro atoms. The van der Waals surface area contributed by atoms with Gasteiger partial charge in [-0.25, -0.2) is 9.13 Å². The molecule has 0 radical (unpaired) electrons. The van der Waals surface area contributed by atoms with Gasteiger partial charge in [-0.1, -0.05) is 168 Å². The fraction of sp³-hybridized carbons (Fsp3) is 0.914. The Morgan fingerprint density at radius 2 is 0.730 bits per heavy atom. The average Bonchev–Trinajstić information content (AvgIpc) is 3.36. The van der Waals surface area contributed by atoms with E-state index in [4.69, 9.17) is 0 Å². The predicted octanol–water partition coefficient (Wildman–Crippen LogP) is 11.7. The lowest BCUT2D eigenvalue weighted by Gasteiger charge is -2.03. The van der Waals surface area contributed by atoms with Crippen molar-refractivity contribution in [1.82, 2.24) is 4.57 Å². The van der Waals surface area contributed by atoms with Gasteiger partial charge in [-0.15, -0.1) is 0 Å². The van der Waals surface area contributed by atoms with Crippen molar-refractivity contribution < 1.29 is 4.57 Å². The van der Waals surface area contributed by atoms with E-state index in [-0.39, 0.29) is 0 Å². The third-order valence-electron chi connectivity index (χ3n) is 8.29. The Balaban J connectivity index is 1.81. The number of unbranched alkanes of at least 4 members (excludes halogenated alkanes) is 26. The molecule has 0 bridgehead atoms. The van der Waals surface area contributed by atoms with E-state index in [9.17, 15) is 0 Å². The maximum Gasteiger partial charge on any atom is 0.243 e. The normalized spacial score (nSPS) is 11.5. The molecule has 0 aliphatic heterocycles. The second kappa shape index (κ2) is 28.2. The molecule has 37 heavy (non-hydrogen) atoms. The van der Waals surface area contributed by atoms with E-state index in [0.717, 1.165) is 0 Å². The molecule has 2 nitrogen and oxygen atoms in total. The topological polar surface area (TPSA) is 8.81 Å². The minimum Gasteiger partial charge on any atom is -0.237 e. The molecule has 0 aliphatic rings. The molecule has 218 valence electrons. The molecule has 1 rings (SSSR count). The van der Waals surface area contributed by atoms with Gasteiger partial charge in [0.15, 0.2) is 0 Å². The van der Waals surface area contributed by atoms with E-state index in [1.807, 2.05) is 0 Å². The van der Waals surface area contributed by atoms with Gasteiger partial charge in [0.2, 0.25) is 6.33 Å². The lowest BCUT2D eigenvalue weighted by Crippen LogP contribution is -2.30. The molecule has 0 amide bonds. The van der Waals surface area contributed by atoms with Crippen molar-refractivity contribution in [2.45, 2.75) is 207 Å². The van der Waals surface area contributed by atoms with Gasteiger partial charge in [-0.2, -0.15) is 0 Å². The van der Waals surface area contributed by atoms with Crippen LogP contribution in [0, 0.1) is 0 Å². The van der Waals surface area contributed by atoms with Gasteiger partial charge in [-0.3, -0.25) is 0 Å². The van der Waals surface area contributed by atoms with E-state index < -0.39 is 0 Å². The first-order valence-corrected chi connectivity index (χ1v) is 17.4. The number of imidazole rings is 1. The van der Waals surface area contributed by atoms with Crippen molar-refractivity contribution in [3.05, 3.63) is 18.7 Å². The van der Waals surface area contributed by atoms with Crippen LogP contribution >= 0.6 is 0 Å². The minimum atomic E-state index is 1.20. The zero-order valence-corrected chi connectivity index (χ0v) is 25.8. The van der Waals surface area contributed by atoms with Crippen molar-refractivity contribution in [3.63, 3.8) is 0 Å². The number of hydrogen-bond donors (Lipinski definition) is 0. The van der Waals surface area contributed by atoms with Crippen molar-refractivity contribution in [1.29, 1.82) is 0 Å². The monoisotopic (exact) mass is 518 g/mol. The largest absolute Gasteiger partial charge is 0.243 e. The third kappa shape index (κ3) is 24.0. The molecule has 0 unspecified atom stereocenters. The SMILES string of the molecule is CCCCCCCCCCCCCCCCn1cc[n+](CCCCCCCCCCCCCCCC)c1. The van der Waals surface area contributed by atoms with Crippen molar-refractivity contribution in [3.8, 4) is 0 Å². The highest BCUT2D eigenvalue weighted by Crippen LogP contribution is 2.14. The summed E-state index contributed by atoms with van der Waals surface area (Å²) >= 11 is 0. The first kappa shape index (κ1) is 34.2. The summed E-state index contributed by atoms with van der Waals surface area (Å²) in [6, 6.07) is 0. The fourth-order valence-electron chi connectivity index (χ4n) is 5.68. The Morgan fingerprint density at radius 1 is 0.405 bits per heavy atom. The first-order chi connectivity index (χ1) is 18.4. The molecule has 1 aromatic rings. The third-order valence-corrected chi connectivity index (χ3v) is 8.29. The van der Waals surface area contributed by atoms with Crippen molar-refractivity contribution in [2.24, 2.45) is 0 Å². The van der Waals surface area contributed by atoms with Gasteiger partial charge < -0.3 is 0 Å². The van der Waals surface area contributed by atoms with Crippen LogP contribution < -0.4 is 4.57 Å². The number of nitrogens with zero attached hydrogens (tertiary/aromatic N) is 2. The molecular formula is C35H69N2+. The molecule has 0 fully saturated rings. The van der Waals surface area contributed by atoms with Crippen LogP contribution in [-0.2, 0) is 13.1 Å². The van der Waals surface area contributed by atoms with Gasteiger partial charge in [0.25, 0.3) is 0 Å². The zero-order valence-electron chi connectivity index (χ0n) is 25.8. The Morgan fingerprint density at radius 3 is 1.11 bits per heavy atom. The molecule has 0 aromatic carbocycles. The number of aromatic nitrogens is 2. The number of rotatable bonds is 30.